The van der Waals surface area contributed by atoms with Gasteiger partial charge in [-0.2, -0.15) is 4.98 Å². The van der Waals surface area contributed by atoms with Gasteiger partial charge in [-0.3, -0.25) is 9.78 Å². The molecule has 1 saturated carbocycles. The number of hydrogen-bond donors (Lipinski definition) is 1. The van der Waals surface area contributed by atoms with Crippen LogP contribution >= 0.6 is 0 Å². The summed E-state index contributed by atoms with van der Waals surface area (Å²) in [4.78, 5) is 36.4. The van der Waals surface area contributed by atoms with Crippen LogP contribution in [0.2, 0.25) is 0 Å². The molecule has 0 radical (unpaired) electrons. The van der Waals surface area contributed by atoms with Crippen molar-refractivity contribution in [1.29, 1.82) is 0 Å². The monoisotopic (exact) mass is 669 g/mol. The molecule has 12 heteroatoms. The molecule has 1 aliphatic carbocycles. The molecule has 6 rings (SSSR count). The topological polar surface area (TPSA) is 131 Å². The molecule has 48 heavy (non-hydrogen) atoms. The number of aromatic nitrogens is 4. The molecule has 1 aliphatic heterocycles. The van der Waals surface area contributed by atoms with Gasteiger partial charge in [-0.05, 0) is 80.7 Å². The number of rotatable bonds is 5. The molecule has 0 saturated heterocycles. The number of carbonyl (C=O) groups is 1. The van der Waals surface area contributed by atoms with E-state index < -0.39 is 10.0 Å². The van der Waals surface area contributed by atoms with Gasteiger partial charge in [0.15, 0.2) is 0 Å². The summed E-state index contributed by atoms with van der Waals surface area (Å²) < 4.78 is 36.1. The maximum absolute atomic E-state index is 14.2. The zero-order valence-electron chi connectivity index (χ0n) is 28.2. The quantitative estimate of drug-likeness (QED) is 0.265. The molecule has 2 aromatic carbocycles. The van der Waals surface area contributed by atoms with Gasteiger partial charge < -0.3 is 14.5 Å². The normalized spacial score (nSPS) is 17.9. The zero-order chi connectivity index (χ0) is 34.1. The van der Waals surface area contributed by atoms with Gasteiger partial charge in [0.25, 0.3) is 15.9 Å². The van der Waals surface area contributed by atoms with Gasteiger partial charge in [0.2, 0.25) is 11.8 Å². The van der Waals surface area contributed by atoms with Crippen molar-refractivity contribution in [2.45, 2.75) is 77.3 Å². The third kappa shape index (κ3) is 7.43. The van der Waals surface area contributed by atoms with Crippen molar-refractivity contribution in [2.75, 3.05) is 29.8 Å². The van der Waals surface area contributed by atoms with Gasteiger partial charge in [0.05, 0.1) is 41.8 Å². The summed E-state index contributed by atoms with van der Waals surface area (Å²) in [6.45, 7) is 9.21. The lowest BCUT2D eigenvalue weighted by Gasteiger charge is -2.36. The lowest BCUT2D eigenvalue weighted by Crippen LogP contribution is -2.40. The summed E-state index contributed by atoms with van der Waals surface area (Å²) in [5.74, 6) is 0.654. The van der Waals surface area contributed by atoms with Crippen molar-refractivity contribution in [3.8, 4) is 17.1 Å². The highest BCUT2D eigenvalue weighted by Crippen LogP contribution is 2.31. The van der Waals surface area contributed by atoms with Gasteiger partial charge in [0.1, 0.15) is 5.82 Å². The Labute approximate surface area is 282 Å². The number of carbonyl (C=O) groups excluding carboxylic acids is 1. The molecule has 1 N–H and O–H groups in total. The van der Waals surface area contributed by atoms with Crippen LogP contribution in [0.25, 0.3) is 11.3 Å². The summed E-state index contributed by atoms with van der Waals surface area (Å²) in [6.07, 6.45) is 8.37. The highest BCUT2D eigenvalue weighted by molar-refractivity contribution is 7.92. The molecule has 0 spiro atoms. The van der Waals surface area contributed by atoms with Gasteiger partial charge in [-0.1, -0.05) is 38.1 Å². The molecule has 4 bridgehead atoms. The van der Waals surface area contributed by atoms with E-state index in [9.17, 15) is 13.2 Å². The number of ether oxygens (including phenoxy) is 1. The molecule has 1 fully saturated rings. The van der Waals surface area contributed by atoms with Crippen molar-refractivity contribution in [3.05, 3.63) is 83.3 Å². The molecule has 0 atom stereocenters. The van der Waals surface area contributed by atoms with Crippen LogP contribution in [0.5, 0.6) is 5.88 Å². The lowest BCUT2D eigenvalue weighted by atomic mass is 9.87. The summed E-state index contributed by atoms with van der Waals surface area (Å²) in [5.41, 5.74) is 4.06. The first-order chi connectivity index (χ1) is 22.9. The summed E-state index contributed by atoms with van der Waals surface area (Å²) in [6, 6.07) is 14.2. The van der Waals surface area contributed by atoms with Crippen molar-refractivity contribution in [3.63, 3.8) is 0 Å². The second-order valence-corrected chi connectivity index (χ2v) is 15.3. The summed E-state index contributed by atoms with van der Waals surface area (Å²) >= 11 is 0. The number of nitrogens with one attached hydrogen (secondary N) is 1. The number of amides is 1. The van der Waals surface area contributed by atoms with Crippen LogP contribution in [0.3, 0.4) is 0 Å². The number of fused-ring (bicyclic) bond motifs is 4. The molecule has 3 heterocycles. The van der Waals surface area contributed by atoms with Gasteiger partial charge in [-0.25, -0.2) is 23.1 Å². The Morgan fingerprint density at radius 1 is 1.00 bits per heavy atom. The minimum Gasteiger partial charge on any atom is -0.478 e. The van der Waals surface area contributed by atoms with E-state index in [1.807, 2.05) is 39.1 Å². The number of hydrogen-bond acceptors (Lipinski definition) is 9. The minimum absolute atomic E-state index is 0.0767. The largest absolute Gasteiger partial charge is 0.478 e. The Balaban J connectivity index is 1.35. The standard InChI is InChI=1S/C36H43N7O4S/c1-24-10-6-11-25(2)33(24)30-19-32-40-35(39-30)41-48(45,46)29-15-7-12-26(18-29)34(44)43(23-36(3,4)16-9-17-47-32)22-27-20-37-21-31(38-27)42(5)28-13-8-14-28/h6-7,10-12,15,18-21,28H,8-9,13-14,16-17,22-23H2,1-5H3,(H,39,40,41). The Bertz CT molecular complexity index is 1910. The molecular weight excluding hydrogens is 627 g/mol. The molecule has 4 aromatic rings. The SMILES string of the molecule is Cc1cccc(C)c1-c1cc2nc(n1)NS(=O)(=O)c1cccc(c1)C(=O)N(Cc1cncc(N(C)C3CCC3)n1)CC(C)(C)CCCO2. The van der Waals surface area contributed by atoms with E-state index in [1.165, 1.54) is 18.6 Å². The smallest absolute Gasteiger partial charge is 0.264 e. The molecule has 252 valence electrons. The molecule has 2 aliphatic rings. The minimum atomic E-state index is -4.18. The number of sulfonamides is 1. The van der Waals surface area contributed by atoms with Crippen LogP contribution in [-0.2, 0) is 16.6 Å². The highest BCUT2D eigenvalue weighted by Gasteiger charge is 2.29. The van der Waals surface area contributed by atoms with Gasteiger partial charge in [0, 0.05) is 36.8 Å². The van der Waals surface area contributed by atoms with Crippen molar-refractivity contribution >= 4 is 27.7 Å². The Kier molecular flexibility index (Phi) is 9.37. The second-order valence-electron chi connectivity index (χ2n) is 13.7. The van der Waals surface area contributed by atoms with Crippen molar-refractivity contribution < 1.29 is 17.9 Å². The first kappa shape index (κ1) is 33.3. The van der Waals surface area contributed by atoms with Crippen LogP contribution < -0.4 is 14.4 Å². The molecule has 11 nitrogen and oxygen atoms in total. The summed E-state index contributed by atoms with van der Waals surface area (Å²) in [5, 5.41) is 0. The Morgan fingerprint density at radius 3 is 2.48 bits per heavy atom. The third-order valence-electron chi connectivity index (χ3n) is 9.22. The number of nitrogens with zero attached hydrogens (tertiary/aromatic N) is 6. The van der Waals surface area contributed by atoms with Crippen LogP contribution in [-0.4, -0.2) is 65.4 Å². The molecule has 1 amide bonds. The summed E-state index contributed by atoms with van der Waals surface area (Å²) in [7, 11) is -2.14. The number of anilines is 2. The van der Waals surface area contributed by atoms with E-state index >= 15 is 0 Å². The van der Waals surface area contributed by atoms with E-state index in [0.29, 0.717) is 37.0 Å². The molecular formula is C36H43N7O4S. The van der Waals surface area contributed by atoms with E-state index in [-0.39, 0.29) is 40.2 Å². The number of aryl methyl sites for hydroxylation is 2. The second kappa shape index (κ2) is 13.5. The van der Waals surface area contributed by atoms with Crippen molar-refractivity contribution in [2.24, 2.45) is 5.41 Å². The van der Waals surface area contributed by atoms with Crippen molar-refractivity contribution in [1.82, 2.24) is 24.8 Å². The van der Waals surface area contributed by atoms with E-state index in [1.54, 1.807) is 35.5 Å². The van der Waals surface area contributed by atoms with E-state index in [4.69, 9.17) is 9.72 Å². The maximum Gasteiger partial charge on any atom is 0.264 e. The lowest BCUT2D eigenvalue weighted by molar-refractivity contribution is 0.0650. The van der Waals surface area contributed by atoms with Crippen LogP contribution in [0.1, 0.15) is 73.1 Å². The van der Waals surface area contributed by atoms with Crippen LogP contribution in [0, 0.1) is 19.3 Å². The third-order valence-corrected chi connectivity index (χ3v) is 10.5. The van der Waals surface area contributed by atoms with Crippen LogP contribution in [0.4, 0.5) is 11.8 Å². The molecule has 2 aromatic heterocycles. The fraction of sp³-hybridized carbons (Fsp3) is 0.417. The van der Waals surface area contributed by atoms with E-state index in [0.717, 1.165) is 41.8 Å². The fourth-order valence-corrected chi connectivity index (χ4v) is 7.36. The van der Waals surface area contributed by atoms with Gasteiger partial charge in [-0.15, -0.1) is 0 Å². The Morgan fingerprint density at radius 2 is 1.75 bits per heavy atom. The fourth-order valence-electron chi connectivity index (χ4n) is 6.37. The molecule has 0 unspecified atom stereocenters. The Hall–Kier alpha value is -4.58. The van der Waals surface area contributed by atoms with Crippen LogP contribution in [0.15, 0.2) is 65.8 Å². The van der Waals surface area contributed by atoms with Gasteiger partial charge >= 0.3 is 0 Å². The first-order valence-corrected chi connectivity index (χ1v) is 17.9. The predicted molar refractivity (Wildman–Crippen MR) is 186 cm³/mol. The average Bonchev–Trinajstić information content (AvgIpc) is 3.01. The van der Waals surface area contributed by atoms with E-state index in [2.05, 4.69) is 38.4 Å². The predicted octanol–water partition coefficient (Wildman–Crippen LogP) is 6.18. The average molecular weight is 670 g/mol. The number of benzene rings is 2. The first-order valence-electron chi connectivity index (χ1n) is 16.4. The highest BCUT2D eigenvalue weighted by atomic mass is 32.2. The zero-order valence-corrected chi connectivity index (χ0v) is 29.0. The maximum atomic E-state index is 14.2.